The van der Waals surface area contributed by atoms with Crippen LogP contribution in [0.25, 0.3) is 11.2 Å². The van der Waals surface area contributed by atoms with Gasteiger partial charge in [-0.3, -0.25) is 4.57 Å². The fourth-order valence-electron chi connectivity index (χ4n) is 4.30. The number of H-pyrrole nitrogens is 1. The van der Waals surface area contributed by atoms with Crippen molar-refractivity contribution < 1.29 is 0 Å². The summed E-state index contributed by atoms with van der Waals surface area (Å²) >= 11 is 11.6. The molecule has 1 aliphatic carbocycles. The highest BCUT2D eigenvalue weighted by Crippen LogP contribution is 2.50. The Kier molecular flexibility index (Phi) is 3.45. The van der Waals surface area contributed by atoms with E-state index in [1.54, 1.807) is 6.20 Å². The Morgan fingerprint density at radius 2 is 1.90 bits per heavy atom. The van der Waals surface area contributed by atoms with Crippen molar-refractivity contribution in [2.45, 2.75) is 53.0 Å². The number of hydrogen-bond acceptors (Lipinski definition) is 2. The molecule has 114 valence electrons. The molecule has 2 heterocycles. The first-order chi connectivity index (χ1) is 9.67. The maximum atomic E-state index is 6.03. The van der Waals surface area contributed by atoms with Crippen molar-refractivity contribution in [1.29, 1.82) is 0 Å². The summed E-state index contributed by atoms with van der Waals surface area (Å²) in [5.41, 5.74) is 2.48. The quantitative estimate of drug-likeness (QED) is 0.700. The van der Waals surface area contributed by atoms with E-state index in [0.717, 1.165) is 28.8 Å². The highest BCUT2D eigenvalue weighted by atomic mass is 35.5. The summed E-state index contributed by atoms with van der Waals surface area (Å²) in [6.45, 7) is 9.40. The van der Waals surface area contributed by atoms with Crippen LogP contribution in [0.1, 0.15) is 53.0 Å². The van der Waals surface area contributed by atoms with Gasteiger partial charge in [0.2, 0.25) is 0 Å². The summed E-state index contributed by atoms with van der Waals surface area (Å²) in [7, 11) is 0. The molecule has 1 N–H and O–H groups in total. The lowest BCUT2D eigenvalue weighted by Gasteiger charge is -2.45. The van der Waals surface area contributed by atoms with Crippen molar-refractivity contribution in [2.75, 3.05) is 0 Å². The second-order valence-corrected chi connectivity index (χ2v) is 8.72. The summed E-state index contributed by atoms with van der Waals surface area (Å²) in [4.78, 5) is 7.76. The van der Waals surface area contributed by atoms with Crippen molar-refractivity contribution in [3.63, 3.8) is 0 Å². The van der Waals surface area contributed by atoms with E-state index in [9.17, 15) is 0 Å². The van der Waals surface area contributed by atoms with Crippen LogP contribution in [-0.2, 0) is 0 Å². The van der Waals surface area contributed by atoms with E-state index in [-0.39, 0.29) is 0 Å². The first-order valence-corrected chi connectivity index (χ1v) is 8.21. The zero-order chi connectivity index (χ0) is 15.4. The predicted molar refractivity (Wildman–Crippen MR) is 90.4 cm³/mol. The van der Waals surface area contributed by atoms with Crippen LogP contribution in [0.5, 0.6) is 0 Å². The van der Waals surface area contributed by atoms with Crippen LogP contribution in [0.3, 0.4) is 0 Å². The van der Waals surface area contributed by atoms with Gasteiger partial charge >= 0.3 is 0 Å². The van der Waals surface area contributed by atoms with Crippen molar-refractivity contribution in [3.05, 3.63) is 22.1 Å². The summed E-state index contributed by atoms with van der Waals surface area (Å²) in [6.07, 6.45) is 5.19. The summed E-state index contributed by atoms with van der Waals surface area (Å²) in [5.74, 6) is 0. The number of pyridine rings is 1. The molecule has 0 bridgehead atoms. The van der Waals surface area contributed by atoms with Crippen molar-refractivity contribution in [2.24, 2.45) is 10.8 Å². The third kappa shape index (κ3) is 2.88. The van der Waals surface area contributed by atoms with Gasteiger partial charge < -0.3 is 4.98 Å². The Morgan fingerprint density at radius 3 is 2.52 bits per heavy atom. The van der Waals surface area contributed by atoms with Crippen LogP contribution >= 0.6 is 23.8 Å². The van der Waals surface area contributed by atoms with E-state index >= 15 is 0 Å². The molecule has 1 fully saturated rings. The Morgan fingerprint density at radius 1 is 1.29 bits per heavy atom. The number of imidazole rings is 1. The number of fused-ring (bicyclic) bond motifs is 1. The molecule has 0 amide bonds. The molecule has 0 saturated heterocycles. The number of nitrogens with zero attached hydrogens (tertiary/aromatic N) is 2. The molecule has 0 unspecified atom stereocenters. The maximum absolute atomic E-state index is 6.03. The molecule has 2 aromatic rings. The molecule has 3 rings (SSSR count). The molecule has 0 aromatic carbocycles. The van der Waals surface area contributed by atoms with Gasteiger partial charge in [0.25, 0.3) is 0 Å². The Balaban J connectivity index is 2.12. The van der Waals surface area contributed by atoms with E-state index in [1.807, 2.05) is 6.07 Å². The van der Waals surface area contributed by atoms with Gasteiger partial charge in [0, 0.05) is 12.2 Å². The van der Waals surface area contributed by atoms with Gasteiger partial charge in [0.15, 0.2) is 10.4 Å². The second-order valence-electron chi connectivity index (χ2n) is 7.89. The number of rotatable bonds is 1. The highest BCUT2D eigenvalue weighted by Gasteiger charge is 2.39. The Labute approximate surface area is 135 Å². The molecule has 3 nitrogen and oxygen atoms in total. The molecular formula is C16H22ClN3S. The predicted octanol–water partition coefficient (Wildman–Crippen LogP) is 5.52. The molecule has 0 aliphatic heterocycles. The van der Waals surface area contributed by atoms with Gasteiger partial charge in [-0.2, -0.15) is 0 Å². The third-order valence-corrected chi connectivity index (χ3v) is 4.93. The smallest absolute Gasteiger partial charge is 0.179 e. The standard InChI is InChI=1S/C16H22ClN3S/c1-15(2)6-11(7-16(3,4)9-15)20-13-12(19-14(20)21)5-10(17)8-18-13/h5,8,11H,6-7,9H2,1-4H3,(H,19,21). The number of aromatic nitrogens is 3. The molecule has 21 heavy (non-hydrogen) atoms. The second kappa shape index (κ2) is 4.82. The lowest BCUT2D eigenvalue weighted by Crippen LogP contribution is -2.35. The summed E-state index contributed by atoms with van der Waals surface area (Å²) in [5, 5.41) is 0.634. The summed E-state index contributed by atoms with van der Waals surface area (Å²) < 4.78 is 2.95. The number of hydrogen-bond donors (Lipinski definition) is 1. The third-order valence-electron chi connectivity index (χ3n) is 4.42. The van der Waals surface area contributed by atoms with E-state index in [0.29, 0.717) is 21.9 Å². The van der Waals surface area contributed by atoms with Gasteiger partial charge in [-0.25, -0.2) is 4.98 Å². The summed E-state index contributed by atoms with van der Waals surface area (Å²) in [6, 6.07) is 2.29. The van der Waals surface area contributed by atoms with E-state index < -0.39 is 0 Å². The highest BCUT2D eigenvalue weighted by molar-refractivity contribution is 7.71. The van der Waals surface area contributed by atoms with Crippen molar-refractivity contribution in [1.82, 2.24) is 14.5 Å². The van der Waals surface area contributed by atoms with Crippen LogP contribution in [0.4, 0.5) is 0 Å². The monoisotopic (exact) mass is 323 g/mol. The fraction of sp³-hybridized carbons (Fsp3) is 0.625. The minimum atomic E-state index is 0.317. The fourth-order valence-corrected chi connectivity index (χ4v) is 4.80. The molecule has 0 atom stereocenters. The zero-order valence-electron chi connectivity index (χ0n) is 13.0. The first-order valence-electron chi connectivity index (χ1n) is 7.43. The maximum Gasteiger partial charge on any atom is 0.179 e. The van der Waals surface area contributed by atoms with E-state index in [1.165, 1.54) is 6.42 Å². The lowest BCUT2D eigenvalue weighted by atomic mass is 9.63. The van der Waals surface area contributed by atoms with Crippen LogP contribution in [0.2, 0.25) is 5.02 Å². The Bertz CT molecular complexity index is 726. The van der Waals surface area contributed by atoms with Gasteiger partial charge in [0.1, 0.15) is 0 Å². The topological polar surface area (TPSA) is 33.6 Å². The molecule has 0 spiro atoms. The molecule has 1 aliphatic rings. The van der Waals surface area contributed by atoms with Crippen LogP contribution < -0.4 is 0 Å². The minimum absolute atomic E-state index is 0.317. The SMILES string of the molecule is CC1(C)CC(n2c(=S)[nH]c3cc(Cl)cnc32)CC(C)(C)C1. The minimum Gasteiger partial charge on any atom is -0.329 e. The average Bonchev–Trinajstić information content (AvgIpc) is 2.59. The first kappa shape index (κ1) is 15.0. The van der Waals surface area contributed by atoms with Crippen LogP contribution in [-0.4, -0.2) is 14.5 Å². The van der Waals surface area contributed by atoms with Gasteiger partial charge in [0.05, 0.1) is 10.5 Å². The number of aromatic amines is 1. The van der Waals surface area contributed by atoms with E-state index in [2.05, 4.69) is 42.2 Å². The number of halogens is 1. The van der Waals surface area contributed by atoms with E-state index in [4.69, 9.17) is 23.8 Å². The molecular weight excluding hydrogens is 302 g/mol. The van der Waals surface area contributed by atoms with Crippen LogP contribution in [0, 0.1) is 15.6 Å². The zero-order valence-corrected chi connectivity index (χ0v) is 14.6. The largest absolute Gasteiger partial charge is 0.329 e. The molecule has 0 radical (unpaired) electrons. The van der Waals surface area contributed by atoms with Gasteiger partial charge in [-0.05, 0) is 48.4 Å². The van der Waals surface area contributed by atoms with Gasteiger partial charge in [-0.1, -0.05) is 39.3 Å². The van der Waals surface area contributed by atoms with Crippen LogP contribution in [0.15, 0.2) is 12.3 Å². The normalized spacial score (nSPS) is 21.8. The lowest BCUT2D eigenvalue weighted by molar-refractivity contribution is 0.0731. The van der Waals surface area contributed by atoms with Crippen molar-refractivity contribution in [3.8, 4) is 0 Å². The average molecular weight is 324 g/mol. The molecule has 1 saturated carbocycles. The molecule has 5 heteroatoms. The Hall–Kier alpha value is -0.870. The number of nitrogens with one attached hydrogen (secondary N) is 1. The van der Waals surface area contributed by atoms with Gasteiger partial charge in [-0.15, -0.1) is 0 Å². The molecule has 2 aromatic heterocycles. The van der Waals surface area contributed by atoms with Crippen molar-refractivity contribution >= 4 is 35.0 Å².